The van der Waals surface area contributed by atoms with Gasteiger partial charge < -0.3 is 15.0 Å². The van der Waals surface area contributed by atoms with Gasteiger partial charge >= 0.3 is 0 Å². The van der Waals surface area contributed by atoms with Crippen LogP contribution in [0.3, 0.4) is 0 Å². The van der Waals surface area contributed by atoms with Gasteiger partial charge in [-0.15, -0.1) is 0 Å². The lowest BCUT2D eigenvalue weighted by Crippen LogP contribution is -2.54. The van der Waals surface area contributed by atoms with E-state index in [0.29, 0.717) is 33.7 Å². The molecule has 180 valence electrons. The minimum Gasteiger partial charge on any atom is -0.484 e. The number of halogens is 2. The third kappa shape index (κ3) is 8.24. The molecule has 0 heterocycles. The van der Waals surface area contributed by atoms with E-state index in [-0.39, 0.29) is 25.0 Å². The van der Waals surface area contributed by atoms with Gasteiger partial charge in [-0.1, -0.05) is 62.2 Å². The summed E-state index contributed by atoms with van der Waals surface area (Å²) >= 11 is 12.4. The Kier molecular flexibility index (Phi) is 9.62. The zero-order valence-corrected chi connectivity index (χ0v) is 21.8. The van der Waals surface area contributed by atoms with Crippen LogP contribution in [0.2, 0.25) is 10.0 Å². The fourth-order valence-corrected chi connectivity index (χ4v) is 3.85. The molecule has 5 nitrogen and oxygen atoms in total. The molecule has 2 aromatic carbocycles. The van der Waals surface area contributed by atoms with Crippen molar-refractivity contribution >= 4 is 35.0 Å². The molecule has 0 spiro atoms. The summed E-state index contributed by atoms with van der Waals surface area (Å²) in [5.74, 6) is 0.492. The highest BCUT2D eigenvalue weighted by atomic mass is 35.5. The molecule has 0 aliphatic heterocycles. The second kappa shape index (κ2) is 11.8. The highest BCUT2D eigenvalue weighted by Gasteiger charge is 2.31. The third-order valence-corrected chi connectivity index (χ3v) is 5.74. The molecule has 0 radical (unpaired) electrons. The maximum absolute atomic E-state index is 13.3. The Morgan fingerprint density at radius 2 is 1.70 bits per heavy atom. The minimum atomic E-state index is -0.671. The molecule has 1 N–H and O–H groups in total. The number of amides is 2. The van der Waals surface area contributed by atoms with Crippen molar-refractivity contribution in [2.75, 3.05) is 6.61 Å². The van der Waals surface area contributed by atoms with E-state index in [0.717, 1.165) is 0 Å². The lowest BCUT2D eigenvalue weighted by atomic mass is 10.0. The van der Waals surface area contributed by atoms with E-state index in [9.17, 15) is 9.59 Å². The number of nitrogens with one attached hydrogen (secondary N) is 1. The fraction of sp³-hybridized carbons (Fsp3) is 0.462. The molecule has 1 atom stereocenters. The molecule has 0 fully saturated rings. The Bertz CT molecular complexity index is 953. The number of rotatable bonds is 9. The van der Waals surface area contributed by atoms with Gasteiger partial charge in [0.15, 0.2) is 6.61 Å². The SMILES string of the molecule is CCC(C(=O)NC(C)(C)C)N(Cc1ccc(Cl)cc1Cl)C(=O)COc1ccc(C(C)C)cc1. The van der Waals surface area contributed by atoms with Gasteiger partial charge in [0.1, 0.15) is 11.8 Å². The number of carbonyl (C=O) groups is 2. The number of ether oxygens (including phenoxy) is 1. The molecule has 7 heteroatoms. The molecule has 0 saturated heterocycles. The number of carbonyl (C=O) groups excluding carboxylic acids is 2. The summed E-state index contributed by atoms with van der Waals surface area (Å²) in [5.41, 5.74) is 1.47. The fourth-order valence-electron chi connectivity index (χ4n) is 3.38. The van der Waals surface area contributed by atoms with Crippen LogP contribution < -0.4 is 10.1 Å². The second-order valence-corrected chi connectivity index (χ2v) is 10.3. The maximum atomic E-state index is 13.3. The zero-order valence-electron chi connectivity index (χ0n) is 20.2. The Hall–Kier alpha value is -2.24. The third-order valence-electron chi connectivity index (χ3n) is 5.15. The number of nitrogens with zero attached hydrogens (tertiary/aromatic N) is 1. The van der Waals surface area contributed by atoms with Crippen molar-refractivity contribution in [3.05, 3.63) is 63.6 Å². The van der Waals surface area contributed by atoms with Crippen molar-refractivity contribution in [1.82, 2.24) is 10.2 Å². The van der Waals surface area contributed by atoms with Gasteiger partial charge in [-0.25, -0.2) is 0 Å². The zero-order chi connectivity index (χ0) is 24.8. The molecule has 2 aromatic rings. The smallest absolute Gasteiger partial charge is 0.261 e. The molecule has 33 heavy (non-hydrogen) atoms. The second-order valence-electron chi connectivity index (χ2n) is 9.43. The topological polar surface area (TPSA) is 58.6 Å². The van der Waals surface area contributed by atoms with Crippen LogP contribution in [0.4, 0.5) is 0 Å². The van der Waals surface area contributed by atoms with Crippen molar-refractivity contribution in [2.24, 2.45) is 0 Å². The highest BCUT2D eigenvalue weighted by molar-refractivity contribution is 6.35. The predicted octanol–water partition coefficient (Wildman–Crippen LogP) is 6.22. The first-order chi connectivity index (χ1) is 15.4. The highest BCUT2D eigenvalue weighted by Crippen LogP contribution is 2.24. The van der Waals surface area contributed by atoms with E-state index in [1.54, 1.807) is 18.2 Å². The molecular formula is C26H34Cl2N2O3. The van der Waals surface area contributed by atoms with Crippen LogP contribution in [0.25, 0.3) is 0 Å². The largest absolute Gasteiger partial charge is 0.484 e. The van der Waals surface area contributed by atoms with Crippen LogP contribution in [-0.2, 0) is 16.1 Å². The first kappa shape index (κ1) is 27.0. The van der Waals surface area contributed by atoms with E-state index < -0.39 is 11.6 Å². The number of hydrogen-bond acceptors (Lipinski definition) is 3. The summed E-state index contributed by atoms with van der Waals surface area (Å²) in [6.45, 7) is 11.8. The lowest BCUT2D eigenvalue weighted by molar-refractivity contribution is -0.143. The average molecular weight is 493 g/mol. The van der Waals surface area contributed by atoms with Crippen molar-refractivity contribution in [1.29, 1.82) is 0 Å². The Morgan fingerprint density at radius 3 is 2.21 bits per heavy atom. The summed E-state index contributed by atoms with van der Waals surface area (Å²) in [4.78, 5) is 27.9. The summed E-state index contributed by atoms with van der Waals surface area (Å²) in [5, 5.41) is 3.93. The van der Waals surface area contributed by atoms with Gasteiger partial charge in [-0.2, -0.15) is 0 Å². The van der Waals surface area contributed by atoms with Crippen molar-refractivity contribution in [3.63, 3.8) is 0 Å². The van der Waals surface area contributed by atoms with Gasteiger partial charge in [0.05, 0.1) is 0 Å². The van der Waals surface area contributed by atoms with Crippen LogP contribution in [0.15, 0.2) is 42.5 Å². The lowest BCUT2D eigenvalue weighted by Gasteiger charge is -2.33. The monoisotopic (exact) mass is 492 g/mol. The quantitative estimate of drug-likeness (QED) is 0.451. The normalized spacial score (nSPS) is 12.4. The summed E-state index contributed by atoms with van der Waals surface area (Å²) in [6, 6.07) is 12.1. The van der Waals surface area contributed by atoms with Gasteiger partial charge in [0.25, 0.3) is 5.91 Å². The van der Waals surface area contributed by atoms with Gasteiger partial charge in [0.2, 0.25) is 5.91 Å². The first-order valence-electron chi connectivity index (χ1n) is 11.2. The van der Waals surface area contributed by atoms with Gasteiger partial charge in [-0.3, -0.25) is 9.59 Å². The minimum absolute atomic E-state index is 0.167. The summed E-state index contributed by atoms with van der Waals surface area (Å²) in [6.07, 6.45) is 0.446. The van der Waals surface area contributed by atoms with E-state index in [1.165, 1.54) is 10.5 Å². The van der Waals surface area contributed by atoms with Crippen LogP contribution in [-0.4, -0.2) is 34.9 Å². The molecule has 0 aliphatic carbocycles. The van der Waals surface area contributed by atoms with Gasteiger partial charge in [-0.05, 0) is 68.5 Å². The van der Waals surface area contributed by atoms with Crippen LogP contribution in [0.1, 0.15) is 65.0 Å². The van der Waals surface area contributed by atoms with E-state index in [1.807, 2.05) is 52.0 Å². The van der Waals surface area contributed by atoms with Crippen LogP contribution >= 0.6 is 23.2 Å². The Labute approximate surface area is 207 Å². The Morgan fingerprint density at radius 1 is 1.06 bits per heavy atom. The summed E-state index contributed by atoms with van der Waals surface area (Å²) < 4.78 is 5.77. The number of hydrogen-bond donors (Lipinski definition) is 1. The van der Waals surface area contributed by atoms with Gasteiger partial charge in [0, 0.05) is 22.1 Å². The van der Waals surface area contributed by atoms with E-state index in [4.69, 9.17) is 27.9 Å². The predicted molar refractivity (Wildman–Crippen MR) is 135 cm³/mol. The first-order valence-corrected chi connectivity index (χ1v) is 11.9. The standard InChI is InChI=1S/C26H34Cl2N2O3/c1-7-23(25(32)29-26(4,5)6)30(15-19-8-11-20(27)14-22(19)28)24(31)16-33-21-12-9-18(10-13-21)17(2)3/h8-14,17,23H,7,15-16H2,1-6H3,(H,29,32). The van der Waals surface area contributed by atoms with Crippen molar-refractivity contribution < 1.29 is 14.3 Å². The maximum Gasteiger partial charge on any atom is 0.261 e. The van der Waals surface area contributed by atoms with Crippen molar-refractivity contribution in [2.45, 2.75) is 72.0 Å². The van der Waals surface area contributed by atoms with Crippen LogP contribution in [0, 0.1) is 0 Å². The molecule has 1 unspecified atom stereocenters. The summed E-state index contributed by atoms with van der Waals surface area (Å²) in [7, 11) is 0. The van der Waals surface area contributed by atoms with E-state index in [2.05, 4.69) is 19.2 Å². The van der Waals surface area contributed by atoms with E-state index >= 15 is 0 Å². The average Bonchev–Trinajstić information content (AvgIpc) is 2.72. The molecule has 0 saturated carbocycles. The Balaban J connectivity index is 2.25. The van der Waals surface area contributed by atoms with Crippen LogP contribution in [0.5, 0.6) is 5.75 Å². The molecule has 0 aliphatic rings. The molecule has 2 amide bonds. The van der Waals surface area contributed by atoms with Crippen molar-refractivity contribution in [3.8, 4) is 5.75 Å². The molecule has 0 bridgehead atoms. The molecule has 0 aromatic heterocycles. The number of benzene rings is 2. The molecule has 2 rings (SSSR count). The molecular weight excluding hydrogens is 459 g/mol.